The van der Waals surface area contributed by atoms with Crippen molar-refractivity contribution in [3.05, 3.63) is 29.3 Å². The Morgan fingerprint density at radius 2 is 1.94 bits per heavy atom. The summed E-state index contributed by atoms with van der Waals surface area (Å²) in [5.74, 6) is -1.13. The van der Waals surface area contributed by atoms with E-state index in [9.17, 15) is 14.4 Å². The third-order valence-electron chi connectivity index (χ3n) is 6.19. The van der Waals surface area contributed by atoms with E-state index < -0.39 is 19.9 Å². The number of amides is 3. The summed E-state index contributed by atoms with van der Waals surface area (Å²) in [4.78, 5) is 39.8. The monoisotopic (exact) mass is 445 g/mol. The molecule has 0 aliphatic carbocycles. The number of nitrogens with zero attached hydrogens (tertiary/aromatic N) is 2. The third kappa shape index (κ3) is 5.74. The van der Waals surface area contributed by atoms with Crippen molar-refractivity contribution in [1.82, 2.24) is 4.90 Å². The Morgan fingerprint density at radius 1 is 1.19 bits per heavy atom. The van der Waals surface area contributed by atoms with Gasteiger partial charge in [-0.15, -0.1) is 0 Å². The molecule has 8 heteroatoms. The molecule has 2 atom stereocenters. The number of piperidine rings is 1. The van der Waals surface area contributed by atoms with Crippen molar-refractivity contribution in [1.29, 1.82) is 0 Å². The number of hydrogen-bond acceptors (Lipinski definition) is 4. The molecule has 2 aliphatic rings. The minimum atomic E-state index is -1.18. The number of rotatable bonds is 6. The van der Waals surface area contributed by atoms with Crippen LogP contribution in [0, 0.1) is 5.92 Å². The largest absolute Gasteiger partial charge is 0.361 e. The molecule has 0 unspecified atom stereocenters. The summed E-state index contributed by atoms with van der Waals surface area (Å²) >= 11 is 0. The third-order valence-corrected chi connectivity index (χ3v) is 7.90. The van der Waals surface area contributed by atoms with Gasteiger partial charge in [-0.3, -0.25) is 19.3 Å². The topological polar surface area (TPSA) is 92.9 Å². The van der Waals surface area contributed by atoms with E-state index in [1.54, 1.807) is 9.80 Å². The quantitative estimate of drug-likeness (QED) is 0.414. The van der Waals surface area contributed by atoms with Crippen LogP contribution in [-0.2, 0) is 25.5 Å². The molecule has 1 fully saturated rings. The smallest absolute Gasteiger partial charge is 0.312 e. The van der Waals surface area contributed by atoms with E-state index in [4.69, 9.17) is 10.5 Å². The van der Waals surface area contributed by atoms with Crippen LogP contribution in [0.15, 0.2) is 18.2 Å². The molecule has 2 N–H and O–H groups in total. The van der Waals surface area contributed by atoms with Crippen molar-refractivity contribution in [2.24, 2.45) is 11.7 Å². The van der Waals surface area contributed by atoms with Gasteiger partial charge in [0.2, 0.25) is 5.91 Å². The van der Waals surface area contributed by atoms with Gasteiger partial charge in [0.25, 0.3) is 0 Å². The van der Waals surface area contributed by atoms with Crippen molar-refractivity contribution in [2.45, 2.75) is 64.3 Å². The summed E-state index contributed by atoms with van der Waals surface area (Å²) in [5, 5.41) is 0. The van der Waals surface area contributed by atoms with Crippen molar-refractivity contribution in [3.8, 4) is 0 Å². The lowest BCUT2D eigenvalue weighted by Crippen LogP contribution is -2.47. The summed E-state index contributed by atoms with van der Waals surface area (Å²) in [6, 6.07) is 6.90. The second-order valence-corrected chi connectivity index (χ2v) is 15.7. The van der Waals surface area contributed by atoms with Crippen molar-refractivity contribution in [3.63, 3.8) is 0 Å². The zero-order valence-corrected chi connectivity index (χ0v) is 20.1. The second kappa shape index (κ2) is 9.52. The van der Waals surface area contributed by atoms with Gasteiger partial charge in [0.15, 0.2) is 0 Å². The molecule has 0 saturated carbocycles. The van der Waals surface area contributed by atoms with Crippen molar-refractivity contribution >= 4 is 31.5 Å². The maximum absolute atomic E-state index is 12.5. The number of likely N-dealkylation sites (tertiary alicyclic amines) is 1. The van der Waals surface area contributed by atoms with Crippen LogP contribution in [0.25, 0.3) is 0 Å². The number of nitrogens with two attached hydrogens (primary N) is 1. The molecule has 1 aromatic carbocycles. The highest BCUT2D eigenvalue weighted by Gasteiger charge is 2.34. The highest BCUT2D eigenvalue weighted by Crippen LogP contribution is 2.37. The SMILES string of the molecule is C[C@H]1CC[C@H](c2ccc3c(c2)CCC(=O)N3COCC[Si](C)(C)C)N(C(=O)C(N)=O)C1. The first kappa shape index (κ1) is 23.5. The number of aryl methyl sites for hydroxylation is 1. The molecule has 2 aliphatic heterocycles. The Kier molecular flexibility index (Phi) is 7.21. The lowest BCUT2D eigenvalue weighted by molar-refractivity contribution is -0.147. The fourth-order valence-electron chi connectivity index (χ4n) is 4.33. The van der Waals surface area contributed by atoms with E-state index in [-0.39, 0.29) is 18.7 Å². The van der Waals surface area contributed by atoms with Gasteiger partial charge in [0.1, 0.15) is 6.73 Å². The number of fused-ring (bicyclic) bond motifs is 1. The molecule has 3 amide bonds. The van der Waals surface area contributed by atoms with Gasteiger partial charge in [0.05, 0.1) is 6.04 Å². The average molecular weight is 446 g/mol. The first-order valence-electron chi connectivity index (χ1n) is 11.2. The number of anilines is 1. The van der Waals surface area contributed by atoms with E-state index in [0.29, 0.717) is 31.9 Å². The van der Waals surface area contributed by atoms with Crippen molar-refractivity contribution < 1.29 is 19.1 Å². The number of primary amides is 1. The minimum absolute atomic E-state index is 0.0743. The van der Waals surface area contributed by atoms with Gasteiger partial charge in [-0.25, -0.2) is 0 Å². The van der Waals surface area contributed by atoms with Crippen LogP contribution < -0.4 is 10.6 Å². The predicted octanol–water partition coefficient (Wildman–Crippen LogP) is 3.06. The minimum Gasteiger partial charge on any atom is -0.361 e. The molecular formula is C23H35N3O4Si. The zero-order valence-electron chi connectivity index (χ0n) is 19.1. The van der Waals surface area contributed by atoms with Gasteiger partial charge >= 0.3 is 11.8 Å². The Balaban J connectivity index is 1.78. The molecule has 0 spiro atoms. The summed E-state index contributed by atoms with van der Waals surface area (Å²) in [6.45, 7) is 10.4. The predicted molar refractivity (Wildman–Crippen MR) is 123 cm³/mol. The summed E-state index contributed by atoms with van der Waals surface area (Å²) in [7, 11) is -1.18. The molecule has 31 heavy (non-hydrogen) atoms. The van der Waals surface area contributed by atoms with Crippen molar-refractivity contribution in [2.75, 3.05) is 24.8 Å². The van der Waals surface area contributed by atoms with Crippen LogP contribution in [0.3, 0.4) is 0 Å². The molecular weight excluding hydrogens is 410 g/mol. The molecule has 0 bridgehead atoms. The van der Waals surface area contributed by atoms with E-state index in [2.05, 4.69) is 32.6 Å². The Morgan fingerprint density at radius 3 is 2.61 bits per heavy atom. The standard InChI is InChI=1S/C23H35N3O4Si/c1-16-5-8-19(25(14-16)23(29)22(24)28)17-6-9-20-18(13-17)7-10-21(27)26(20)15-30-11-12-31(2,3)4/h6,9,13,16,19H,5,7-8,10-12,14-15H2,1-4H3,(H2,24,28)/t16-,19+/m0/s1. The van der Waals surface area contributed by atoms with Gasteiger partial charge in [-0.2, -0.15) is 0 Å². The van der Waals surface area contributed by atoms with E-state index in [1.165, 1.54) is 0 Å². The van der Waals surface area contributed by atoms with Gasteiger partial charge in [-0.05, 0) is 48.4 Å². The fraction of sp³-hybridized carbons (Fsp3) is 0.609. The van der Waals surface area contributed by atoms with E-state index in [1.807, 2.05) is 12.1 Å². The van der Waals surface area contributed by atoms with Gasteiger partial charge in [0, 0.05) is 33.3 Å². The normalized spacial score (nSPS) is 21.7. The van der Waals surface area contributed by atoms with Crippen LogP contribution in [0.2, 0.25) is 25.7 Å². The number of carbonyl (C=O) groups excluding carboxylic acids is 3. The Bertz CT molecular complexity index is 852. The molecule has 1 saturated heterocycles. The lowest BCUT2D eigenvalue weighted by atomic mass is 9.88. The lowest BCUT2D eigenvalue weighted by Gasteiger charge is -2.39. The zero-order chi connectivity index (χ0) is 22.8. The Labute approximate surface area is 185 Å². The van der Waals surface area contributed by atoms with Crippen LogP contribution in [0.4, 0.5) is 5.69 Å². The number of carbonyl (C=O) groups is 3. The maximum atomic E-state index is 12.5. The highest BCUT2D eigenvalue weighted by atomic mass is 28.3. The molecule has 170 valence electrons. The molecule has 0 radical (unpaired) electrons. The van der Waals surface area contributed by atoms with Crippen LogP contribution in [0.5, 0.6) is 0 Å². The van der Waals surface area contributed by atoms with Gasteiger partial charge < -0.3 is 15.4 Å². The van der Waals surface area contributed by atoms with Gasteiger partial charge in [-0.1, -0.05) is 38.7 Å². The first-order valence-corrected chi connectivity index (χ1v) is 14.9. The molecule has 3 rings (SSSR count). The van der Waals surface area contributed by atoms with E-state index in [0.717, 1.165) is 35.7 Å². The average Bonchev–Trinajstić information content (AvgIpc) is 2.70. The second-order valence-electron chi connectivity index (χ2n) is 10.1. The molecule has 7 nitrogen and oxygen atoms in total. The highest BCUT2D eigenvalue weighted by molar-refractivity contribution is 6.76. The van der Waals surface area contributed by atoms with E-state index >= 15 is 0 Å². The molecule has 1 aromatic rings. The van der Waals surface area contributed by atoms with Crippen LogP contribution >= 0.6 is 0 Å². The van der Waals surface area contributed by atoms with Crippen LogP contribution in [0.1, 0.15) is 43.4 Å². The summed E-state index contributed by atoms with van der Waals surface area (Å²) < 4.78 is 5.85. The molecule has 0 aromatic heterocycles. The van der Waals surface area contributed by atoms with Crippen LogP contribution in [-0.4, -0.2) is 50.6 Å². The summed E-state index contributed by atoms with van der Waals surface area (Å²) in [5.41, 5.74) is 8.25. The number of hydrogen-bond donors (Lipinski definition) is 1. The molecule has 2 heterocycles. The maximum Gasteiger partial charge on any atom is 0.312 e. The number of benzene rings is 1. The Hall–Kier alpha value is -2.19. The number of ether oxygens (including phenoxy) is 1. The first-order chi connectivity index (χ1) is 14.6. The fourth-order valence-corrected chi connectivity index (χ4v) is 5.08. The summed E-state index contributed by atoms with van der Waals surface area (Å²) in [6.07, 6.45) is 2.89.